The number of aryl methyl sites for hydroxylation is 1. The fraction of sp³-hybridized carbons (Fsp3) is 0.231. The molecule has 200 valence electrons. The summed E-state index contributed by atoms with van der Waals surface area (Å²) in [5.41, 5.74) is 14.6. The fourth-order valence-electron chi connectivity index (χ4n) is 6.69. The molecule has 7 rings (SSSR count). The first-order valence-corrected chi connectivity index (χ1v) is 14.7. The van der Waals surface area contributed by atoms with Crippen molar-refractivity contribution in [2.75, 3.05) is 0 Å². The number of rotatable bonds is 3. The molecule has 1 nitrogen and oxygen atoms in total. The lowest BCUT2D eigenvalue weighted by Crippen LogP contribution is -2.26. The molecule has 6 aromatic rings. The van der Waals surface area contributed by atoms with E-state index in [9.17, 15) is 0 Å². The maximum Gasteiger partial charge on any atom is 0.0582 e. The topological polar surface area (TPSA) is 4.93 Å². The minimum absolute atomic E-state index is 0.0408. The summed E-state index contributed by atoms with van der Waals surface area (Å²) in [6.07, 6.45) is 0. The molecule has 0 spiro atoms. The lowest BCUT2D eigenvalue weighted by Gasteiger charge is -2.34. The van der Waals surface area contributed by atoms with E-state index in [1.165, 1.54) is 72.0 Å². The zero-order valence-electron chi connectivity index (χ0n) is 24.8. The molecule has 1 aliphatic heterocycles. The molecule has 0 amide bonds. The molecule has 0 saturated carbocycles. The van der Waals surface area contributed by atoms with Crippen LogP contribution in [-0.4, -0.2) is 4.57 Å². The normalized spacial score (nSPS) is 13.3. The predicted octanol–water partition coefficient (Wildman–Crippen LogP) is 11.2. The highest BCUT2D eigenvalue weighted by Gasteiger charge is 2.34. The van der Waals surface area contributed by atoms with Crippen LogP contribution in [0.15, 0.2) is 103 Å². The number of aromatic nitrogens is 1. The van der Waals surface area contributed by atoms with E-state index < -0.39 is 0 Å². The SMILES string of the molecule is CC.Cc1ccccc1-c1ccc(-c2ccc3c(c2)c2cccc4c2n3-c2ccccc2C4(C)C)cc1C(C)C. The van der Waals surface area contributed by atoms with Crippen molar-refractivity contribution in [3.63, 3.8) is 0 Å². The van der Waals surface area contributed by atoms with Gasteiger partial charge in [-0.05, 0) is 75.5 Å². The zero-order chi connectivity index (χ0) is 28.2. The Morgan fingerprint density at radius 1 is 0.625 bits per heavy atom. The van der Waals surface area contributed by atoms with Gasteiger partial charge in [0.2, 0.25) is 0 Å². The Balaban J connectivity index is 0.00000142. The van der Waals surface area contributed by atoms with E-state index in [2.05, 4.69) is 142 Å². The van der Waals surface area contributed by atoms with Crippen molar-refractivity contribution in [3.05, 3.63) is 125 Å². The number of para-hydroxylation sites is 2. The lowest BCUT2D eigenvalue weighted by molar-refractivity contribution is 0.630. The van der Waals surface area contributed by atoms with Crippen molar-refractivity contribution in [2.24, 2.45) is 0 Å². The van der Waals surface area contributed by atoms with E-state index in [1.54, 1.807) is 0 Å². The molecule has 0 aliphatic carbocycles. The van der Waals surface area contributed by atoms with E-state index in [-0.39, 0.29) is 5.41 Å². The zero-order valence-corrected chi connectivity index (χ0v) is 24.8. The Kier molecular flexibility index (Phi) is 6.42. The first-order valence-electron chi connectivity index (χ1n) is 14.7. The number of nitrogens with zero attached hydrogens (tertiary/aromatic N) is 1. The van der Waals surface area contributed by atoms with Gasteiger partial charge in [-0.3, -0.25) is 0 Å². The standard InChI is InChI=1S/C37H33N.C2H6/c1-23(2)30-21-25(17-19-28(30)27-12-7-6-11-24(27)3)26-18-20-34-31(22-26)29-13-10-15-33-36(29)38(34)35-16-9-8-14-32(35)37(33,4)5;1-2/h6-23H,1-5H3;1-2H3. The van der Waals surface area contributed by atoms with E-state index in [0.717, 1.165) is 0 Å². The largest absolute Gasteiger partial charge is 0.309 e. The molecule has 40 heavy (non-hydrogen) atoms. The molecule has 0 bridgehead atoms. The van der Waals surface area contributed by atoms with Crippen LogP contribution in [0.4, 0.5) is 0 Å². The second-order valence-corrected chi connectivity index (χ2v) is 11.7. The van der Waals surface area contributed by atoms with Crippen LogP contribution in [0.2, 0.25) is 0 Å². The average Bonchev–Trinajstić information content (AvgIpc) is 3.31. The third-order valence-electron chi connectivity index (χ3n) is 8.72. The minimum Gasteiger partial charge on any atom is -0.309 e. The summed E-state index contributed by atoms with van der Waals surface area (Å²) in [5.74, 6) is 0.436. The van der Waals surface area contributed by atoms with Gasteiger partial charge < -0.3 is 4.57 Å². The summed E-state index contributed by atoms with van der Waals surface area (Å²) in [6.45, 7) is 15.5. The van der Waals surface area contributed by atoms with Gasteiger partial charge in [-0.1, -0.05) is 126 Å². The van der Waals surface area contributed by atoms with Crippen LogP contribution in [0.3, 0.4) is 0 Å². The van der Waals surface area contributed by atoms with Crippen molar-refractivity contribution >= 4 is 21.8 Å². The summed E-state index contributed by atoms with van der Waals surface area (Å²) >= 11 is 0. The van der Waals surface area contributed by atoms with Gasteiger partial charge in [-0.15, -0.1) is 0 Å². The van der Waals surface area contributed by atoms with Gasteiger partial charge in [0.25, 0.3) is 0 Å². The second kappa shape index (κ2) is 9.82. The monoisotopic (exact) mass is 521 g/mol. The molecule has 0 N–H and O–H groups in total. The van der Waals surface area contributed by atoms with Crippen LogP contribution < -0.4 is 0 Å². The Hall–Kier alpha value is -4.10. The minimum atomic E-state index is -0.0408. The smallest absolute Gasteiger partial charge is 0.0582 e. The Morgan fingerprint density at radius 2 is 1.30 bits per heavy atom. The molecule has 0 unspecified atom stereocenters. The Bertz CT molecular complexity index is 1880. The summed E-state index contributed by atoms with van der Waals surface area (Å²) in [6, 6.07) is 38.5. The maximum atomic E-state index is 2.49. The highest BCUT2D eigenvalue weighted by molar-refractivity contribution is 6.12. The number of benzene rings is 5. The van der Waals surface area contributed by atoms with Crippen LogP contribution in [0.1, 0.15) is 69.7 Å². The number of fused-ring (bicyclic) bond motifs is 5. The van der Waals surface area contributed by atoms with Crippen LogP contribution >= 0.6 is 0 Å². The van der Waals surface area contributed by atoms with Crippen LogP contribution in [-0.2, 0) is 5.41 Å². The molecule has 0 radical (unpaired) electrons. The number of hydrogen-bond acceptors (Lipinski definition) is 0. The molecule has 1 aromatic heterocycles. The molecular formula is C39H39N. The molecular weight excluding hydrogens is 482 g/mol. The number of hydrogen-bond donors (Lipinski definition) is 0. The summed E-state index contributed by atoms with van der Waals surface area (Å²) in [7, 11) is 0. The lowest BCUT2D eigenvalue weighted by atomic mass is 9.75. The van der Waals surface area contributed by atoms with Gasteiger partial charge in [0.15, 0.2) is 0 Å². The van der Waals surface area contributed by atoms with Gasteiger partial charge in [0, 0.05) is 16.2 Å². The highest BCUT2D eigenvalue weighted by Crippen LogP contribution is 2.48. The van der Waals surface area contributed by atoms with E-state index in [0.29, 0.717) is 5.92 Å². The third kappa shape index (κ3) is 3.83. The molecule has 1 aliphatic rings. The van der Waals surface area contributed by atoms with Crippen LogP contribution in [0.25, 0.3) is 49.7 Å². The van der Waals surface area contributed by atoms with Gasteiger partial charge in [0.05, 0.1) is 16.7 Å². The molecule has 5 aromatic carbocycles. The maximum absolute atomic E-state index is 2.49. The molecule has 0 atom stereocenters. The van der Waals surface area contributed by atoms with Gasteiger partial charge in [-0.25, -0.2) is 0 Å². The second-order valence-electron chi connectivity index (χ2n) is 11.7. The van der Waals surface area contributed by atoms with E-state index in [1.807, 2.05) is 13.8 Å². The van der Waals surface area contributed by atoms with Crippen molar-refractivity contribution in [3.8, 4) is 27.9 Å². The van der Waals surface area contributed by atoms with Crippen molar-refractivity contribution in [1.29, 1.82) is 0 Å². The fourth-order valence-corrected chi connectivity index (χ4v) is 6.69. The first kappa shape index (κ1) is 26.1. The average molecular weight is 522 g/mol. The van der Waals surface area contributed by atoms with E-state index >= 15 is 0 Å². The van der Waals surface area contributed by atoms with Crippen molar-refractivity contribution in [2.45, 2.75) is 59.8 Å². The molecule has 0 saturated heterocycles. The summed E-state index contributed by atoms with van der Waals surface area (Å²) in [5, 5.41) is 2.66. The summed E-state index contributed by atoms with van der Waals surface area (Å²) in [4.78, 5) is 0. The third-order valence-corrected chi connectivity index (χ3v) is 8.72. The van der Waals surface area contributed by atoms with Crippen molar-refractivity contribution < 1.29 is 0 Å². The molecule has 1 heteroatoms. The Morgan fingerprint density at radius 3 is 2.08 bits per heavy atom. The Labute approximate surface area is 239 Å². The van der Waals surface area contributed by atoms with Gasteiger partial charge in [-0.2, -0.15) is 0 Å². The molecule has 0 fully saturated rings. The van der Waals surface area contributed by atoms with Crippen molar-refractivity contribution in [1.82, 2.24) is 4.57 Å². The summed E-state index contributed by atoms with van der Waals surface area (Å²) < 4.78 is 2.49. The van der Waals surface area contributed by atoms with E-state index in [4.69, 9.17) is 0 Å². The molecule has 2 heterocycles. The quantitative estimate of drug-likeness (QED) is 0.218. The first-order chi connectivity index (χ1) is 19.4. The van der Waals surface area contributed by atoms with Crippen LogP contribution in [0, 0.1) is 6.92 Å². The van der Waals surface area contributed by atoms with Gasteiger partial charge >= 0.3 is 0 Å². The van der Waals surface area contributed by atoms with Crippen LogP contribution in [0.5, 0.6) is 0 Å². The highest BCUT2D eigenvalue weighted by atomic mass is 15.0. The predicted molar refractivity (Wildman–Crippen MR) is 174 cm³/mol. The van der Waals surface area contributed by atoms with Gasteiger partial charge in [0.1, 0.15) is 0 Å².